The van der Waals surface area contributed by atoms with Crippen LogP contribution in [-0.4, -0.2) is 32.3 Å². The molecule has 0 spiro atoms. The molecule has 6 heteroatoms. The van der Waals surface area contributed by atoms with Crippen LogP contribution in [0, 0.1) is 0 Å². The summed E-state index contributed by atoms with van der Waals surface area (Å²) in [5, 5.41) is 2.79. The molecule has 2 aromatic heterocycles. The molecule has 1 aliphatic heterocycles. The van der Waals surface area contributed by atoms with E-state index in [2.05, 4.69) is 31.2 Å². The average Bonchev–Trinajstić information content (AvgIpc) is 3.18. The van der Waals surface area contributed by atoms with Crippen LogP contribution in [0.4, 0.5) is 0 Å². The lowest BCUT2D eigenvalue weighted by Gasteiger charge is -2.23. The van der Waals surface area contributed by atoms with Gasteiger partial charge in [-0.1, -0.05) is 6.07 Å². The average molecular weight is 299 g/mol. The number of aromatic nitrogens is 3. The zero-order valence-corrected chi connectivity index (χ0v) is 12.7. The standard InChI is InChI=1S/C16H21N5O/c1-12(22)19-9-13-4-5-14(20-10-13)15-3-2-8-21(15)11-16-17-6-7-18-16/h4-7,10,15H,2-3,8-9,11H2,1H3,(H,17,18)(H,19,22)/t15-/m1/s1. The molecule has 22 heavy (non-hydrogen) atoms. The van der Waals surface area contributed by atoms with Crippen molar-refractivity contribution in [2.45, 2.75) is 38.9 Å². The van der Waals surface area contributed by atoms with Gasteiger partial charge in [0.1, 0.15) is 5.82 Å². The Labute approximate surface area is 130 Å². The number of nitrogens with zero attached hydrogens (tertiary/aromatic N) is 3. The van der Waals surface area contributed by atoms with E-state index < -0.39 is 0 Å². The number of likely N-dealkylation sites (tertiary alicyclic amines) is 1. The van der Waals surface area contributed by atoms with E-state index in [4.69, 9.17) is 0 Å². The van der Waals surface area contributed by atoms with E-state index in [1.165, 1.54) is 13.3 Å². The molecule has 1 atom stereocenters. The summed E-state index contributed by atoms with van der Waals surface area (Å²) in [6.07, 6.45) is 7.80. The van der Waals surface area contributed by atoms with Crippen molar-refractivity contribution in [2.75, 3.05) is 6.54 Å². The van der Waals surface area contributed by atoms with Crippen molar-refractivity contribution in [1.82, 2.24) is 25.2 Å². The summed E-state index contributed by atoms with van der Waals surface area (Å²) in [7, 11) is 0. The summed E-state index contributed by atoms with van der Waals surface area (Å²) in [5.41, 5.74) is 2.12. The van der Waals surface area contributed by atoms with Gasteiger partial charge in [0.25, 0.3) is 0 Å². The maximum atomic E-state index is 10.9. The third kappa shape index (κ3) is 3.51. The largest absolute Gasteiger partial charge is 0.352 e. The minimum atomic E-state index is -0.0236. The van der Waals surface area contributed by atoms with Crippen LogP contribution in [0.25, 0.3) is 0 Å². The molecule has 0 bridgehead atoms. The first-order valence-corrected chi connectivity index (χ1v) is 7.64. The van der Waals surface area contributed by atoms with Gasteiger partial charge in [-0.25, -0.2) is 4.98 Å². The first-order chi connectivity index (χ1) is 10.7. The Kier molecular flexibility index (Phi) is 4.48. The molecular formula is C16H21N5O. The van der Waals surface area contributed by atoms with E-state index >= 15 is 0 Å². The first kappa shape index (κ1) is 14.7. The maximum Gasteiger partial charge on any atom is 0.217 e. The summed E-state index contributed by atoms with van der Waals surface area (Å²) >= 11 is 0. The number of carbonyl (C=O) groups is 1. The van der Waals surface area contributed by atoms with Gasteiger partial charge in [-0.05, 0) is 31.0 Å². The van der Waals surface area contributed by atoms with Crippen molar-refractivity contribution in [3.05, 3.63) is 47.8 Å². The number of amides is 1. The third-order valence-electron chi connectivity index (χ3n) is 4.00. The van der Waals surface area contributed by atoms with Gasteiger partial charge in [0.2, 0.25) is 5.91 Å². The van der Waals surface area contributed by atoms with Crippen LogP contribution in [0.15, 0.2) is 30.7 Å². The predicted octanol–water partition coefficient (Wildman–Crippen LogP) is 1.78. The molecule has 0 aliphatic carbocycles. The van der Waals surface area contributed by atoms with Gasteiger partial charge >= 0.3 is 0 Å². The quantitative estimate of drug-likeness (QED) is 0.882. The van der Waals surface area contributed by atoms with Crippen molar-refractivity contribution >= 4 is 5.91 Å². The Hall–Kier alpha value is -2.21. The number of H-pyrrole nitrogens is 1. The molecular weight excluding hydrogens is 278 g/mol. The Morgan fingerprint density at radius 2 is 2.36 bits per heavy atom. The lowest BCUT2D eigenvalue weighted by atomic mass is 10.1. The predicted molar refractivity (Wildman–Crippen MR) is 82.7 cm³/mol. The van der Waals surface area contributed by atoms with Gasteiger partial charge in [-0.2, -0.15) is 0 Å². The summed E-state index contributed by atoms with van der Waals surface area (Å²) in [6.45, 7) is 3.95. The molecule has 1 aliphatic rings. The van der Waals surface area contributed by atoms with Crippen molar-refractivity contribution in [3.8, 4) is 0 Å². The second kappa shape index (κ2) is 6.70. The van der Waals surface area contributed by atoms with Crippen LogP contribution in [0.5, 0.6) is 0 Å². The van der Waals surface area contributed by atoms with Crippen LogP contribution >= 0.6 is 0 Å². The van der Waals surface area contributed by atoms with Gasteiger partial charge in [-0.15, -0.1) is 0 Å². The molecule has 2 N–H and O–H groups in total. The Balaban J connectivity index is 1.65. The number of aromatic amines is 1. The van der Waals surface area contributed by atoms with Crippen LogP contribution in [0.3, 0.4) is 0 Å². The van der Waals surface area contributed by atoms with Gasteiger partial charge in [0, 0.05) is 32.1 Å². The number of carbonyl (C=O) groups excluding carboxylic acids is 1. The zero-order valence-electron chi connectivity index (χ0n) is 12.7. The topological polar surface area (TPSA) is 73.9 Å². The van der Waals surface area contributed by atoms with Crippen molar-refractivity contribution in [2.24, 2.45) is 0 Å². The molecule has 1 fully saturated rings. The summed E-state index contributed by atoms with van der Waals surface area (Å²) in [5.74, 6) is 0.971. The Morgan fingerprint density at radius 3 is 3.05 bits per heavy atom. The number of rotatable bonds is 5. The van der Waals surface area contributed by atoms with E-state index in [1.54, 1.807) is 6.20 Å². The molecule has 2 aromatic rings. The molecule has 0 radical (unpaired) electrons. The van der Waals surface area contributed by atoms with Crippen LogP contribution in [0.2, 0.25) is 0 Å². The van der Waals surface area contributed by atoms with Gasteiger partial charge < -0.3 is 10.3 Å². The van der Waals surface area contributed by atoms with Crippen LogP contribution in [0.1, 0.15) is 42.9 Å². The molecule has 0 unspecified atom stereocenters. The highest BCUT2D eigenvalue weighted by Gasteiger charge is 2.27. The molecule has 0 aromatic carbocycles. The molecule has 3 rings (SSSR count). The molecule has 1 saturated heterocycles. The molecule has 116 valence electrons. The van der Waals surface area contributed by atoms with Gasteiger partial charge in [-0.3, -0.25) is 14.7 Å². The lowest BCUT2D eigenvalue weighted by Crippen LogP contribution is -2.24. The second-order valence-corrected chi connectivity index (χ2v) is 5.67. The fourth-order valence-corrected chi connectivity index (χ4v) is 2.89. The monoisotopic (exact) mass is 299 g/mol. The van der Waals surface area contributed by atoms with E-state index in [1.807, 2.05) is 18.5 Å². The maximum absolute atomic E-state index is 10.9. The number of hydrogen-bond donors (Lipinski definition) is 2. The Bertz CT molecular complexity index is 608. The lowest BCUT2D eigenvalue weighted by molar-refractivity contribution is -0.119. The first-order valence-electron chi connectivity index (χ1n) is 7.64. The van der Waals surface area contributed by atoms with Crippen molar-refractivity contribution < 1.29 is 4.79 Å². The molecule has 6 nitrogen and oxygen atoms in total. The fraction of sp³-hybridized carbons (Fsp3) is 0.438. The van der Waals surface area contributed by atoms with Crippen LogP contribution < -0.4 is 5.32 Å². The normalized spacial score (nSPS) is 18.5. The second-order valence-electron chi connectivity index (χ2n) is 5.67. The number of hydrogen-bond acceptors (Lipinski definition) is 4. The van der Waals surface area contributed by atoms with Gasteiger partial charge in [0.15, 0.2) is 0 Å². The Morgan fingerprint density at radius 1 is 1.45 bits per heavy atom. The minimum absolute atomic E-state index is 0.0236. The smallest absolute Gasteiger partial charge is 0.217 e. The summed E-state index contributed by atoms with van der Waals surface area (Å²) in [4.78, 5) is 25.4. The molecule has 3 heterocycles. The van der Waals surface area contributed by atoms with Gasteiger partial charge in [0.05, 0.1) is 18.3 Å². The van der Waals surface area contributed by atoms with E-state index in [0.717, 1.165) is 36.6 Å². The highest BCUT2D eigenvalue weighted by molar-refractivity contribution is 5.72. The highest BCUT2D eigenvalue weighted by atomic mass is 16.1. The molecule has 1 amide bonds. The van der Waals surface area contributed by atoms with E-state index in [9.17, 15) is 4.79 Å². The van der Waals surface area contributed by atoms with Crippen LogP contribution in [-0.2, 0) is 17.9 Å². The van der Waals surface area contributed by atoms with E-state index in [-0.39, 0.29) is 5.91 Å². The zero-order chi connectivity index (χ0) is 15.4. The summed E-state index contributed by atoms with van der Waals surface area (Å²) < 4.78 is 0. The minimum Gasteiger partial charge on any atom is -0.352 e. The van der Waals surface area contributed by atoms with E-state index in [0.29, 0.717) is 12.6 Å². The highest BCUT2D eigenvalue weighted by Crippen LogP contribution is 2.31. The number of nitrogens with one attached hydrogen (secondary N) is 2. The number of pyridine rings is 1. The van der Waals surface area contributed by atoms with Crippen molar-refractivity contribution in [1.29, 1.82) is 0 Å². The molecule has 0 saturated carbocycles. The number of imidazole rings is 1. The third-order valence-corrected chi connectivity index (χ3v) is 4.00. The van der Waals surface area contributed by atoms with Crippen molar-refractivity contribution in [3.63, 3.8) is 0 Å². The SMILES string of the molecule is CC(=O)NCc1ccc([C@H]2CCCN2Cc2ncc[nH]2)nc1. The fourth-order valence-electron chi connectivity index (χ4n) is 2.89. The summed E-state index contributed by atoms with van der Waals surface area (Å²) in [6, 6.07) is 4.46.